The van der Waals surface area contributed by atoms with E-state index in [1.165, 1.54) is 31.2 Å². The number of likely N-dealkylation sites (N-methyl/N-ethyl adjacent to an activating group) is 1. The summed E-state index contributed by atoms with van der Waals surface area (Å²) < 4.78 is 0. The monoisotopic (exact) mass is 233 g/mol. The zero-order chi connectivity index (χ0) is 11.9. The van der Waals surface area contributed by atoms with Crippen molar-refractivity contribution in [3.63, 3.8) is 0 Å². The summed E-state index contributed by atoms with van der Waals surface area (Å²) in [4.78, 5) is 6.61. The quantitative estimate of drug-likeness (QED) is 0.762. The molecule has 0 aromatic carbocycles. The topological polar surface area (TPSA) is 28.2 Å². The van der Waals surface area contributed by atoms with E-state index >= 15 is 0 Å². The highest BCUT2D eigenvalue weighted by Gasteiger charge is 2.18. The summed E-state index contributed by atoms with van der Waals surface area (Å²) in [7, 11) is 2.25. The van der Waals surface area contributed by atoms with E-state index in [2.05, 4.69) is 28.3 Å². The molecule has 1 saturated carbocycles. The van der Waals surface area contributed by atoms with E-state index in [0.29, 0.717) is 0 Å². The first-order chi connectivity index (χ1) is 8.36. The van der Waals surface area contributed by atoms with Crippen LogP contribution in [0.1, 0.15) is 31.2 Å². The van der Waals surface area contributed by atoms with Crippen LogP contribution in [0, 0.1) is 0 Å². The minimum atomic E-state index is 0.829. The summed E-state index contributed by atoms with van der Waals surface area (Å²) in [6.45, 7) is 3.12. The first-order valence-electron chi connectivity index (χ1n) is 6.66. The van der Waals surface area contributed by atoms with Gasteiger partial charge in [0.15, 0.2) is 0 Å². The largest absolute Gasteiger partial charge is 0.311 e. The van der Waals surface area contributed by atoms with Gasteiger partial charge < -0.3 is 10.2 Å². The Morgan fingerprint density at radius 1 is 1.41 bits per heavy atom. The molecule has 1 heterocycles. The lowest BCUT2D eigenvalue weighted by Gasteiger charge is -2.23. The van der Waals surface area contributed by atoms with Crippen LogP contribution in [0.5, 0.6) is 0 Å². The van der Waals surface area contributed by atoms with Crippen LogP contribution in [0.25, 0.3) is 0 Å². The lowest BCUT2D eigenvalue weighted by atomic mass is 10.2. The maximum Gasteiger partial charge on any atom is 0.0312 e. The molecular weight excluding hydrogens is 210 g/mol. The van der Waals surface area contributed by atoms with E-state index in [9.17, 15) is 0 Å². The van der Waals surface area contributed by atoms with Gasteiger partial charge in [-0.1, -0.05) is 18.9 Å². The number of nitrogens with zero attached hydrogens (tertiary/aromatic N) is 2. The van der Waals surface area contributed by atoms with Crippen molar-refractivity contribution in [3.05, 3.63) is 30.1 Å². The van der Waals surface area contributed by atoms with Crippen molar-refractivity contribution in [2.24, 2.45) is 0 Å². The molecule has 0 radical (unpaired) electrons. The molecule has 0 spiro atoms. The fraction of sp³-hybridized carbons (Fsp3) is 0.643. The molecule has 94 valence electrons. The zero-order valence-corrected chi connectivity index (χ0v) is 10.7. The standard InChI is InChI=1S/C14H23N3/c1-17(14-6-2-3-7-14)10-9-16-12-13-5-4-8-15-11-13/h4-5,8,11,14,16H,2-3,6-7,9-10,12H2,1H3. The van der Waals surface area contributed by atoms with E-state index in [0.717, 1.165) is 25.7 Å². The van der Waals surface area contributed by atoms with Crippen LogP contribution < -0.4 is 5.32 Å². The van der Waals surface area contributed by atoms with Gasteiger partial charge in [0.2, 0.25) is 0 Å². The first-order valence-corrected chi connectivity index (χ1v) is 6.66. The smallest absolute Gasteiger partial charge is 0.0312 e. The van der Waals surface area contributed by atoms with Crippen LogP contribution in [-0.4, -0.2) is 36.1 Å². The zero-order valence-electron chi connectivity index (χ0n) is 10.7. The van der Waals surface area contributed by atoms with Crippen molar-refractivity contribution < 1.29 is 0 Å². The van der Waals surface area contributed by atoms with Gasteiger partial charge in [-0.15, -0.1) is 0 Å². The Morgan fingerprint density at radius 2 is 2.24 bits per heavy atom. The van der Waals surface area contributed by atoms with Crippen LogP contribution in [0.4, 0.5) is 0 Å². The predicted octanol–water partition coefficient (Wildman–Crippen LogP) is 2.05. The van der Waals surface area contributed by atoms with E-state index in [4.69, 9.17) is 0 Å². The van der Waals surface area contributed by atoms with Gasteiger partial charge in [-0.05, 0) is 31.5 Å². The third-order valence-electron chi connectivity index (χ3n) is 3.64. The minimum Gasteiger partial charge on any atom is -0.311 e. The highest BCUT2D eigenvalue weighted by molar-refractivity contribution is 5.07. The molecule has 3 heteroatoms. The highest BCUT2D eigenvalue weighted by Crippen LogP contribution is 2.21. The number of hydrogen-bond acceptors (Lipinski definition) is 3. The Labute approximate surface area is 104 Å². The van der Waals surface area contributed by atoms with Crippen LogP contribution >= 0.6 is 0 Å². The molecule has 0 unspecified atom stereocenters. The number of aromatic nitrogens is 1. The molecule has 0 aliphatic heterocycles. The van der Waals surface area contributed by atoms with Crippen molar-refractivity contribution in [1.82, 2.24) is 15.2 Å². The number of nitrogens with one attached hydrogen (secondary N) is 1. The van der Waals surface area contributed by atoms with Gasteiger partial charge >= 0.3 is 0 Å². The fourth-order valence-corrected chi connectivity index (χ4v) is 2.52. The van der Waals surface area contributed by atoms with Gasteiger partial charge in [0, 0.05) is 38.1 Å². The second-order valence-corrected chi connectivity index (χ2v) is 4.96. The Morgan fingerprint density at radius 3 is 2.94 bits per heavy atom. The van der Waals surface area contributed by atoms with Crippen LogP contribution in [0.3, 0.4) is 0 Å². The van der Waals surface area contributed by atoms with Crippen molar-refractivity contribution in [3.8, 4) is 0 Å². The molecule has 0 bridgehead atoms. The summed E-state index contributed by atoms with van der Waals surface area (Å²) in [5, 5.41) is 3.47. The molecular formula is C14H23N3. The molecule has 0 saturated heterocycles. The fourth-order valence-electron chi connectivity index (χ4n) is 2.52. The Bertz CT molecular complexity index is 307. The second-order valence-electron chi connectivity index (χ2n) is 4.96. The summed E-state index contributed by atoms with van der Waals surface area (Å²) in [5.41, 5.74) is 1.26. The summed E-state index contributed by atoms with van der Waals surface area (Å²) in [5.74, 6) is 0. The highest BCUT2D eigenvalue weighted by atomic mass is 15.1. The molecule has 17 heavy (non-hydrogen) atoms. The average molecular weight is 233 g/mol. The molecule has 3 nitrogen and oxygen atoms in total. The second kappa shape index (κ2) is 6.72. The van der Waals surface area contributed by atoms with Crippen molar-refractivity contribution in [2.45, 2.75) is 38.3 Å². The molecule has 1 aliphatic carbocycles. The van der Waals surface area contributed by atoms with E-state index in [1.807, 2.05) is 18.5 Å². The van der Waals surface area contributed by atoms with Crippen molar-refractivity contribution in [2.75, 3.05) is 20.1 Å². The Balaban J connectivity index is 1.59. The Hall–Kier alpha value is -0.930. The van der Waals surface area contributed by atoms with Crippen molar-refractivity contribution in [1.29, 1.82) is 0 Å². The summed E-state index contributed by atoms with van der Waals surface area (Å²) in [6.07, 6.45) is 9.35. The third-order valence-corrected chi connectivity index (χ3v) is 3.64. The van der Waals surface area contributed by atoms with Crippen LogP contribution in [0.15, 0.2) is 24.5 Å². The lowest BCUT2D eigenvalue weighted by molar-refractivity contribution is 0.245. The van der Waals surface area contributed by atoms with E-state index < -0.39 is 0 Å². The van der Waals surface area contributed by atoms with Crippen molar-refractivity contribution >= 4 is 0 Å². The van der Waals surface area contributed by atoms with E-state index in [1.54, 1.807) is 0 Å². The summed E-state index contributed by atoms with van der Waals surface area (Å²) in [6, 6.07) is 4.93. The summed E-state index contributed by atoms with van der Waals surface area (Å²) >= 11 is 0. The lowest BCUT2D eigenvalue weighted by Crippen LogP contribution is -2.35. The number of hydrogen-bond donors (Lipinski definition) is 1. The normalized spacial score (nSPS) is 16.8. The average Bonchev–Trinajstić information content (AvgIpc) is 2.89. The molecule has 1 N–H and O–H groups in total. The number of pyridine rings is 1. The predicted molar refractivity (Wildman–Crippen MR) is 70.8 cm³/mol. The Kier molecular flexibility index (Phi) is 4.95. The number of rotatable bonds is 6. The minimum absolute atomic E-state index is 0.829. The molecule has 0 atom stereocenters. The van der Waals surface area contributed by atoms with Gasteiger partial charge in [0.05, 0.1) is 0 Å². The molecule has 0 amide bonds. The maximum absolute atomic E-state index is 4.11. The molecule has 2 rings (SSSR count). The van der Waals surface area contributed by atoms with E-state index in [-0.39, 0.29) is 0 Å². The van der Waals surface area contributed by atoms with Crippen LogP contribution in [-0.2, 0) is 6.54 Å². The maximum atomic E-state index is 4.11. The van der Waals surface area contributed by atoms with Gasteiger partial charge in [-0.3, -0.25) is 4.98 Å². The first kappa shape index (κ1) is 12.5. The van der Waals surface area contributed by atoms with Gasteiger partial charge in [-0.25, -0.2) is 0 Å². The third kappa shape index (κ3) is 4.10. The SMILES string of the molecule is CN(CCNCc1cccnc1)C1CCCC1. The van der Waals surface area contributed by atoms with Crippen LogP contribution in [0.2, 0.25) is 0 Å². The molecule has 1 aromatic rings. The van der Waals surface area contributed by atoms with Gasteiger partial charge in [-0.2, -0.15) is 0 Å². The molecule has 1 aromatic heterocycles. The molecule has 1 fully saturated rings. The van der Waals surface area contributed by atoms with Gasteiger partial charge in [0.1, 0.15) is 0 Å². The molecule has 1 aliphatic rings. The van der Waals surface area contributed by atoms with Gasteiger partial charge in [0.25, 0.3) is 0 Å².